The Labute approximate surface area is 190 Å². The zero-order chi connectivity index (χ0) is 22.2. The number of tetrazole rings is 1. The van der Waals surface area contributed by atoms with Crippen molar-refractivity contribution in [3.05, 3.63) is 64.8 Å². The van der Waals surface area contributed by atoms with E-state index in [4.69, 9.17) is 16.6 Å². The largest absolute Gasteiger partial charge is 0.341 e. The SMILES string of the molecule is CCCc1nc2c(C)ccnc2n1Cc1ccc(-c2c(-c3nnn[nH]3)cn(C)c2Cl)cc1. The van der Waals surface area contributed by atoms with Gasteiger partial charge in [0.2, 0.25) is 0 Å². The first-order valence-electron chi connectivity index (χ1n) is 10.6. The zero-order valence-electron chi connectivity index (χ0n) is 18.2. The molecule has 0 aliphatic heterocycles. The third kappa shape index (κ3) is 3.46. The van der Waals surface area contributed by atoms with Crippen molar-refractivity contribution in [1.29, 1.82) is 0 Å². The van der Waals surface area contributed by atoms with Crippen LogP contribution in [-0.4, -0.2) is 39.7 Å². The van der Waals surface area contributed by atoms with E-state index in [0.717, 1.165) is 52.1 Å². The predicted molar refractivity (Wildman–Crippen MR) is 124 cm³/mol. The van der Waals surface area contributed by atoms with E-state index in [0.29, 0.717) is 17.5 Å². The molecule has 0 atom stereocenters. The lowest BCUT2D eigenvalue weighted by Crippen LogP contribution is -2.06. The summed E-state index contributed by atoms with van der Waals surface area (Å²) in [4.78, 5) is 9.49. The molecule has 4 heterocycles. The van der Waals surface area contributed by atoms with E-state index in [1.54, 1.807) is 0 Å². The van der Waals surface area contributed by atoms with Gasteiger partial charge in [0.1, 0.15) is 16.5 Å². The minimum Gasteiger partial charge on any atom is -0.341 e. The Kier molecular flexibility index (Phi) is 5.22. The Bertz CT molecular complexity index is 1380. The van der Waals surface area contributed by atoms with Crippen molar-refractivity contribution in [3.8, 4) is 22.5 Å². The molecule has 0 fully saturated rings. The summed E-state index contributed by atoms with van der Waals surface area (Å²) in [6, 6.07) is 10.4. The van der Waals surface area contributed by atoms with E-state index in [9.17, 15) is 0 Å². The number of hydrogen-bond acceptors (Lipinski definition) is 5. The van der Waals surface area contributed by atoms with E-state index in [1.807, 2.05) is 30.1 Å². The fourth-order valence-corrected chi connectivity index (χ4v) is 4.31. The molecule has 5 rings (SSSR count). The zero-order valence-corrected chi connectivity index (χ0v) is 18.9. The van der Waals surface area contributed by atoms with Gasteiger partial charge >= 0.3 is 0 Å². The molecule has 0 saturated carbocycles. The number of nitrogens with zero attached hydrogens (tertiary/aromatic N) is 7. The highest BCUT2D eigenvalue weighted by molar-refractivity contribution is 6.33. The number of aromatic nitrogens is 8. The molecule has 0 saturated heterocycles. The van der Waals surface area contributed by atoms with Crippen LogP contribution in [0.2, 0.25) is 5.15 Å². The van der Waals surface area contributed by atoms with Crippen LogP contribution < -0.4 is 0 Å². The molecule has 4 aromatic heterocycles. The minimum absolute atomic E-state index is 0.585. The summed E-state index contributed by atoms with van der Waals surface area (Å²) in [5.41, 5.74) is 7.00. The second-order valence-corrected chi connectivity index (χ2v) is 8.29. The number of hydrogen-bond donors (Lipinski definition) is 1. The Morgan fingerprint density at radius 2 is 1.94 bits per heavy atom. The summed E-state index contributed by atoms with van der Waals surface area (Å²) >= 11 is 6.62. The first-order valence-corrected chi connectivity index (χ1v) is 10.9. The lowest BCUT2D eigenvalue weighted by molar-refractivity contribution is 0.717. The third-order valence-corrected chi connectivity index (χ3v) is 6.14. The number of rotatable bonds is 6. The summed E-state index contributed by atoms with van der Waals surface area (Å²) in [6.07, 6.45) is 5.73. The molecule has 1 N–H and O–H groups in total. The summed E-state index contributed by atoms with van der Waals surface area (Å²) in [6.45, 7) is 4.96. The molecule has 0 unspecified atom stereocenters. The normalized spacial score (nSPS) is 11.5. The van der Waals surface area contributed by atoms with Gasteiger partial charge < -0.3 is 9.13 Å². The van der Waals surface area contributed by atoms with Gasteiger partial charge in [0.25, 0.3) is 0 Å². The molecular weight excluding hydrogens is 424 g/mol. The highest BCUT2D eigenvalue weighted by Gasteiger charge is 2.19. The predicted octanol–water partition coefficient (Wildman–Crippen LogP) is 4.58. The van der Waals surface area contributed by atoms with Gasteiger partial charge in [-0.3, -0.25) is 0 Å². The van der Waals surface area contributed by atoms with E-state index < -0.39 is 0 Å². The van der Waals surface area contributed by atoms with Crippen molar-refractivity contribution >= 4 is 22.8 Å². The fourth-order valence-electron chi connectivity index (χ4n) is 4.05. The van der Waals surface area contributed by atoms with E-state index in [-0.39, 0.29) is 0 Å². The van der Waals surface area contributed by atoms with Crippen LogP contribution >= 0.6 is 11.6 Å². The van der Waals surface area contributed by atoms with Crippen LogP contribution in [0.15, 0.2) is 42.7 Å². The number of benzene rings is 1. The topological polar surface area (TPSA) is 90.1 Å². The summed E-state index contributed by atoms with van der Waals surface area (Å²) in [5, 5.41) is 14.9. The monoisotopic (exact) mass is 446 g/mol. The summed E-state index contributed by atoms with van der Waals surface area (Å²) < 4.78 is 4.09. The number of imidazole rings is 1. The van der Waals surface area contributed by atoms with Gasteiger partial charge in [-0.25, -0.2) is 15.1 Å². The molecule has 5 aromatic rings. The van der Waals surface area contributed by atoms with Gasteiger partial charge in [0.05, 0.1) is 6.54 Å². The Morgan fingerprint density at radius 1 is 1.12 bits per heavy atom. The maximum Gasteiger partial charge on any atom is 0.181 e. The smallest absolute Gasteiger partial charge is 0.181 e. The van der Waals surface area contributed by atoms with Crippen LogP contribution in [-0.2, 0) is 20.0 Å². The number of aromatic amines is 1. The molecule has 32 heavy (non-hydrogen) atoms. The van der Waals surface area contributed by atoms with E-state index >= 15 is 0 Å². The molecule has 0 amide bonds. The van der Waals surface area contributed by atoms with Crippen molar-refractivity contribution in [1.82, 2.24) is 39.7 Å². The number of aryl methyl sites for hydroxylation is 3. The average Bonchev–Trinajstić information content (AvgIpc) is 3.50. The first kappa shape index (κ1) is 20.4. The van der Waals surface area contributed by atoms with E-state index in [1.165, 1.54) is 5.56 Å². The van der Waals surface area contributed by atoms with E-state index in [2.05, 4.69) is 68.3 Å². The van der Waals surface area contributed by atoms with Crippen LogP contribution in [0, 0.1) is 6.92 Å². The molecule has 0 bridgehead atoms. The van der Waals surface area contributed by atoms with Gasteiger partial charge in [-0.05, 0) is 46.5 Å². The van der Waals surface area contributed by atoms with Crippen molar-refractivity contribution in [2.45, 2.75) is 33.2 Å². The number of nitrogens with one attached hydrogen (secondary N) is 1. The van der Waals surface area contributed by atoms with Gasteiger partial charge in [0, 0.05) is 37.0 Å². The van der Waals surface area contributed by atoms with Crippen molar-refractivity contribution in [2.75, 3.05) is 0 Å². The van der Waals surface area contributed by atoms with Crippen molar-refractivity contribution < 1.29 is 0 Å². The Balaban J connectivity index is 1.52. The highest BCUT2D eigenvalue weighted by atomic mass is 35.5. The molecule has 9 heteroatoms. The quantitative estimate of drug-likeness (QED) is 0.412. The third-order valence-electron chi connectivity index (χ3n) is 5.68. The summed E-state index contributed by atoms with van der Waals surface area (Å²) in [7, 11) is 1.90. The number of pyridine rings is 1. The van der Waals surface area contributed by atoms with Crippen LogP contribution in [0.1, 0.15) is 30.3 Å². The molecule has 0 spiro atoms. The number of H-pyrrole nitrogens is 1. The second-order valence-electron chi connectivity index (χ2n) is 7.93. The van der Waals surface area contributed by atoms with Crippen LogP contribution in [0.5, 0.6) is 0 Å². The molecular formula is C23H23ClN8. The molecule has 162 valence electrons. The molecule has 0 aliphatic carbocycles. The number of halogens is 1. The van der Waals surface area contributed by atoms with Crippen LogP contribution in [0.3, 0.4) is 0 Å². The minimum atomic E-state index is 0.585. The average molecular weight is 447 g/mol. The molecule has 8 nitrogen and oxygen atoms in total. The lowest BCUT2D eigenvalue weighted by atomic mass is 10.0. The highest BCUT2D eigenvalue weighted by Crippen LogP contribution is 2.37. The lowest BCUT2D eigenvalue weighted by Gasteiger charge is -2.10. The molecule has 0 aliphatic rings. The van der Waals surface area contributed by atoms with Crippen LogP contribution in [0.4, 0.5) is 0 Å². The fraction of sp³-hybridized carbons (Fsp3) is 0.261. The number of fused-ring (bicyclic) bond motifs is 1. The first-order chi connectivity index (χ1) is 15.6. The van der Waals surface area contributed by atoms with Gasteiger partial charge in [-0.2, -0.15) is 0 Å². The maximum atomic E-state index is 6.62. The van der Waals surface area contributed by atoms with Crippen molar-refractivity contribution in [2.24, 2.45) is 7.05 Å². The Hall–Kier alpha value is -3.52. The van der Waals surface area contributed by atoms with Crippen molar-refractivity contribution in [3.63, 3.8) is 0 Å². The van der Waals surface area contributed by atoms with Gasteiger partial charge in [-0.15, -0.1) is 5.10 Å². The standard InChI is InChI=1S/C23H23ClN8/c1-4-5-18-26-20-14(2)10-11-25-23(20)32(18)12-15-6-8-16(9-7-15)19-17(13-31(3)21(19)24)22-27-29-30-28-22/h6-11,13H,4-5,12H2,1-3H3,(H,27,28,29,30). The molecule has 1 aromatic carbocycles. The maximum absolute atomic E-state index is 6.62. The van der Waals surface area contributed by atoms with Gasteiger partial charge in [0.15, 0.2) is 11.5 Å². The second kappa shape index (κ2) is 8.20. The molecule has 0 radical (unpaired) electrons. The summed E-state index contributed by atoms with van der Waals surface area (Å²) in [5.74, 6) is 1.65. The Morgan fingerprint density at radius 3 is 2.66 bits per heavy atom. The van der Waals surface area contributed by atoms with Gasteiger partial charge in [-0.1, -0.05) is 42.8 Å². The van der Waals surface area contributed by atoms with Crippen LogP contribution in [0.25, 0.3) is 33.7 Å².